The van der Waals surface area contributed by atoms with Crippen LogP contribution in [0, 0.1) is 0 Å². The van der Waals surface area contributed by atoms with E-state index in [9.17, 15) is 14.8 Å². The Bertz CT molecular complexity index is 807. The van der Waals surface area contributed by atoms with E-state index < -0.39 is 18.8 Å². The summed E-state index contributed by atoms with van der Waals surface area (Å²) in [6.45, 7) is 6.45. The van der Waals surface area contributed by atoms with Crippen molar-refractivity contribution in [2.75, 3.05) is 22.9 Å². The number of carbonyl (C=O) groups is 1. The third-order valence-corrected chi connectivity index (χ3v) is 3.97. The molecule has 3 rings (SSSR count). The van der Waals surface area contributed by atoms with E-state index in [0.717, 1.165) is 11.4 Å². The lowest BCUT2D eigenvalue weighted by molar-refractivity contribution is 0.0580. The highest BCUT2D eigenvalue weighted by atomic mass is 16.6. The second-order valence-electron chi connectivity index (χ2n) is 7.09. The first-order chi connectivity index (χ1) is 12.3. The summed E-state index contributed by atoms with van der Waals surface area (Å²) in [7, 11) is -1.56. The van der Waals surface area contributed by atoms with Crippen LogP contribution in [0.25, 0.3) is 0 Å². The average Bonchev–Trinajstić information content (AvgIpc) is 2.59. The summed E-state index contributed by atoms with van der Waals surface area (Å²) in [6, 6.07) is 10.7. The number of carbonyl (C=O) groups excluding carboxylic acids is 1. The smallest absolute Gasteiger partial charge is 0.443 e. The van der Waals surface area contributed by atoms with Gasteiger partial charge in [0, 0.05) is 19.3 Å². The standard InChI is InChI=1S/C18H22BN3O4/c1-18(2,3)26-17(23)22-11-10-21(14-6-4-5-7-15(14)22)16-12-13(19(24)25)8-9-20-16/h4-9,12,24-25H,10-11H2,1-3H3. The Morgan fingerprint density at radius 2 is 1.85 bits per heavy atom. The molecule has 26 heavy (non-hydrogen) atoms. The second kappa shape index (κ2) is 6.97. The minimum absolute atomic E-state index is 0.363. The number of benzene rings is 1. The highest BCUT2D eigenvalue weighted by Gasteiger charge is 2.31. The molecular formula is C18H22BN3O4. The van der Waals surface area contributed by atoms with Crippen molar-refractivity contribution in [3.05, 3.63) is 42.6 Å². The highest BCUT2D eigenvalue weighted by molar-refractivity contribution is 6.58. The maximum atomic E-state index is 12.6. The molecule has 7 nitrogen and oxygen atoms in total. The van der Waals surface area contributed by atoms with E-state index in [-0.39, 0.29) is 0 Å². The van der Waals surface area contributed by atoms with Crippen molar-refractivity contribution in [2.45, 2.75) is 26.4 Å². The van der Waals surface area contributed by atoms with Gasteiger partial charge in [-0.05, 0) is 50.5 Å². The monoisotopic (exact) mass is 355 g/mol. The Labute approximate surface area is 153 Å². The van der Waals surface area contributed by atoms with E-state index >= 15 is 0 Å². The molecule has 1 aliphatic heterocycles. The minimum Gasteiger partial charge on any atom is -0.443 e. The van der Waals surface area contributed by atoms with Crippen LogP contribution in [-0.2, 0) is 4.74 Å². The second-order valence-corrected chi connectivity index (χ2v) is 7.09. The molecule has 0 aliphatic carbocycles. The fourth-order valence-electron chi connectivity index (χ4n) is 2.85. The Morgan fingerprint density at radius 3 is 2.50 bits per heavy atom. The minimum atomic E-state index is -1.56. The molecule has 1 aromatic carbocycles. The highest BCUT2D eigenvalue weighted by Crippen LogP contribution is 2.37. The molecule has 136 valence electrons. The molecule has 2 heterocycles. The molecular weight excluding hydrogens is 333 g/mol. The average molecular weight is 355 g/mol. The van der Waals surface area contributed by atoms with E-state index in [0.29, 0.717) is 24.4 Å². The summed E-state index contributed by atoms with van der Waals surface area (Å²) in [4.78, 5) is 20.5. The topological polar surface area (TPSA) is 86.1 Å². The van der Waals surface area contributed by atoms with E-state index in [1.54, 1.807) is 17.0 Å². The van der Waals surface area contributed by atoms with Gasteiger partial charge >= 0.3 is 13.2 Å². The lowest BCUT2D eigenvalue weighted by Crippen LogP contribution is -2.45. The number of fused-ring (bicyclic) bond motifs is 1. The molecule has 0 unspecified atom stereocenters. The molecule has 1 amide bonds. The number of aromatic nitrogens is 1. The van der Waals surface area contributed by atoms with Gasteiger partial charge in [-0.1, -0.05) is 12.1 Å². The summed E-state index contributed by atoms with van der Waals surface area (Å²) in [6.07, 6.45) is 1.14. The zero-order valence-electron chi connectivity index (χ0n) is 15.1. The van der Waals surface area contributed by atoms with Crippen molar-refractivity contribution in [3.8, 4) is 0 Å². The predicted molar refractivity (Wildman–Crippen MR) is 101 cm³/mol. The first-order valence-electron chi connectivity index (χ1n) is 8.45. The number of pyridine rings is 1. The molecule has 2 N–H and O–H groups in total. The number of rotatable bonds is 2. The molecule has 2 aromatic rings. The van der Waals surface area contributed by atoms with Gasteiger partial charge in [0.2, 0.25) is 0 Å². The number of anilines is 3. The van der Waals surface area contributed by atoms with Gasteiger partial charge < -0.3 is 19.7 Å². The first kappa shape index (κ1) is 18.2. The summed E-state index contributed by atoms with van der Waals surface area (Å²) in [5.41, 5.74) is 1.32. The van der Waals surface area contributed by atoms with Gasteiger partial charge in [0.1, 0.15) is 11.4 Å². The molecule has 0 radical (unpaired) electrons. The molecule has 8 heteroatoms. The molecule has 0 atom stereocenters. The van der Waals surface area contributed by atoms with Crippen LogP contribution in [0.15, 0.2) is 42.6 Å². The van der Waals surface area contributed by atoms with Gasteiger partial charge in [-0.25, -0.2) is 9.78 Å². The van der Waals surface area contributed by atoms with E-state index in [2.05, 4.69) is 4.98 Å². The third-order valence-electron chi connectivity index (χ3n) is 3.97. The lowest BCUT2D eigenvalue weighted by Gasteiger charge is -2.37. The van der Waals surface area contributed by atoms with Crippen molar-refractivity contribution in [2.24, 2.45) is 0 Å². The van der Waals surface area contributed by atoms with E-state index in [1.807, 2.05) is 49.9 Å². The maximum absolute atomic E-state index is 12.6. The number of amides is 1. The van der Waals surface area contributed by atoms with Crippen molar-refractivity contribution in [1.82, 2.24) is 4.98 Å². The van der Waals surface area contributed by atoms with Crippen LogP contribution in [0.4, 0.5) is 22.0 Å². The van der Waals surface area contributed by atoms with Crippen LogP contribution in [0.3, 0.4) is 0 Å². The van der Waals surface area contributed by atoms with Crippen LogP contribution in [-0.4, -0.2) is 46.9 Å². The normalized spacial score (nSPS) is 14.0. The summed E-state index contributed by atoms with van der Waals surface area (Å²) >= 11 is 0. The zero-order valence-corrected chi connectivity index (χ0v) is 15.1. The maximum Gasteiger partial charge on any atom is 0.488 e. The number of ether oxygens (including phenoxy) is 1. The fraction of sp³-hybridized carbons (Fsp3) is 0.333. The van der Waals surface area contributed by atoms with Gasteiger partial charge in [-0.2, -0.15) is 0 Å². The quantitative estimate of drug-likeness (QED) is 0.797. The van der Waals surface area contributed by atoms with Gasteiger partial charge in [0.15, 0.2) is 0 Å². The molecule has 1 aliphatic rings. The Hall–Kier alpha value is -2.58. The van der Waals surface area contributed by atoms with Gasteiger partial charge in [0.05, 0.1) is 11.4 Å². The fourth-order valence-corrected chi connectivity index (χ4v) is 2.85. The number of hydrogen-bond donors (Lipinski definition) is 2. The molecule has 1 aromatic heterocycles. The Morgan fingerprint density at radius 1 is 1.15 bits per heavy atom. The van der Waals surface area contributed by atoms with Crippen LogP contribution in [0.5, 0.6) is 0 Å². The van der Waals surface area contributed by atoms with Gasteiger partial charge in [-0.15, -0.1) is 0 Å². The predicted octanol–water partition coefficient (Wildman–Crippen LogP) is 1.65. The summed E-state index contributed by atoms with van der Waals surface area (Å²) in [5.74, 6) is 0.590. The van der Waals surface area contributed by atoms with Gasteiger partial charge in [0.25, 0.3) is 0 Å². The van der Waals surface area contributed by atoms with Crippen molar-refractivity contribution in [3.63, 3.8) is 0 Å². The first-order valence-corrected chi connectivity index (χ1v) is 8.45. The van der Waals surface area contributed by atoms with Gasteiger partial charge in [-0.3, -0.25) is 4.90 Å². The number of nitrogens with zero attached hydrogens (tertiary/aromatic N) is 3. The number of para-hydroxylation sites is 2. The largest absolute Gasteiger partial charge is 0.488 e. The van der Waals surface area contributed by atoms with E-state index in [1.165, 1.54) is 6.20 Å². The SMILES string of the molecule is CC(C)(C)OC(=O)N1CCN(c2cc(B(O)O)ccn2)c2ccccc21. The summed E-state index contributed by atoms with van der Waals surface area (Å²) in [5, 5.41) is 18.8. The van der Waals surface area contributed by atoms with Crippen LogP contribution in [0.1, 0.15) is 20.8 Å². The van der Waals surface area contributed by atoms with Crippen LogP contribution < -0.4 is 15.3 Å². The lowest BCUT2D eigenvalue weighted by atomic mass is 9.81. The third kappa shape index (κ3) is 3.81. The molecule has 0 bridgehead atoms. The van der Waals surface area contributed by atoms with Crippen LogP contribution in [0.2, 0.25) is 0 Å². The van der Waals surface area contributed by atoms with Crippen LogP contribution >= 0.6 is 0 Å². The Kier molecular flexibility index (Phi) is 4.89. The van der Waals surface area contributed by atoms with E-state index in [4.69, 9.17) is 4.74 Å². The molecule has 0 saturated heterocycles. The number of hydrogen-bond acceptors (Lipinski definition) is 6. The molecule has 0 fully saturated rings. The van der Waals surface area contributed by atoms with Crippen molar-refractivity contribution >= 4 is 35.9 Å². The molecule has 0 spiro atoms. The van der Waals surface area contributed by atoms with Crippen molar-refractivity contribution in [1.29, 1.82) is 0 Å². The summed E-state index contributed by atoms with van der Waals surface area (Å²) < 4.78 is 5.51. The van der Waals surface area contributed by atoms with Crippen molar-refractivity contribution < 1.29 is 19.6 Å². The Balaban J connectivity index is 1.95. The molecule has 0 saturated carbocycles. The zero-order chi connectivity index (χ0) is 18.9.